The Balaban J connectivity index is 1.82. The third-order valence-electron chi connectivity index (χ3n) is 5.27. The van der Waals surface area contributed by atoms with Crippen molar-refractivity contribution < 1.29 is 18.7 Å². The van der Waals surface area contributed by atoms with Crippen molar-refractivity contribution in [3.05, 3.63) is 40.8 Å². The van der Waals surface area contributed by atoms with E-state index in [0.29, 0.717) is 18.8 Å². The molecule has 2 heterocycles. The number of aromatic nitrogens is 1. The summed E-state index contributed by atoms with van der Waals surface area (Å²) in [5.41, 5.74) is 0.564. The number of hydrogen-bond donors (Lipinski definition) is 1. The predicted molar refractivity (Wildman–Crippen MR) is 120 cm³/mol. The van der Waals surface area contributed by atoms with E-state index in [2.05, 4.69) is 17.2 Å². The van der Waals surface area contributed by atoms with Crippen molar-refractivity contribution >= 4 is 23.3 Å². The van der Waals surface area contributed by atoms with Crippen LogP contribution in [0.2, 0.25) is 0 Å². The number of carbonyl (C=O) groups excluding carboxylic acids is 2. The first kappa shape index (κ1) is 23.2. The Bertz CT molecular complexity index is 937. The number of thiazole rings is 1. The highest BCUT2D eigenvalue weighted by Crippen LogP contribution is 2.33. The van der Waals surface area contributed by atoms with E-state index in [4.69, 9.17) is 4.74 Å². The van der Waals surface area contributed by atoms with Crippen LogP contribution in [-0.4, -0.2) is 46.6 Å². The Kier molecular flexibility index (Phi) is 6.99. The second-order valence-electron chi connectivity index (χ2n) is 8.99. The Morgan fingerprint density at radius 2 is 1.97 bits per heavy atom. The van der Waals surface area contributed by atoms with Crippen molar-refractivity contribution in [1.29, 1.82) is 0 Å². The molecule has 8 heteroatoms. The number of rotatable bonds is 4. The number of hydrogen-bond acceptors (Lipinski definition) is 5. The standard InChI is InChI=1S/C23H30FN3O3S/c1-14-7-6-12-27(18(14)13-25-22(29)30-23(3,4)5)21(28)19-20(31-15(2)26-19)16-8-10-17(24)11-9-16/h8-11,14,18H,6-7,12-13H2,1-5H3,(H,25,29). The SMILES string of the molecule is Cc1nc(C(=O)N2CCCC(C)C2CNC(=O)OC(C)(C)C)c(-c2ccc(F)cc2)s1. The molecule has 1 N–H and O–H groups in total. The lowest BCUT2D eigenvalue weighted by Gasteiger charge is -2.40. The van der Waals surface area contributed by atoms with Gasteiger partial charge in [0.2, 0.25) is 0 Å². The minimum Gasteiger partial charge on any atom is -0.444 e. The Morgan fingerprint density at radius 3 is 2.61 bits per heavy atom. The fraction of sp³-hybridized carbons (Fsp3) is 0.522. The first-order valence-corrected chi connectivity index (χ1v) is 11.4. The number of nitrogens with zero attached hydrogens (tertiary/aromatic N) is 2. The number of likely N-dealkylation sites (tertiary alicyclic amines) is 1. The number of benzene rings is 1. The molecule has 31 heavy (non-hydrogen) atoms. The number of aryl methyl sites for hydroxylation is 1. The molecule has 0 bridgehead atoms. The third kappa shape index (κ3) is 5.81. The number of amides is 2. The fourth-order valence-corrected chi connectivity index (χ4v) is 4.74. The summed E-state index contributed by atoms with van der Waals surface area (Å²) in [6.07, 6.45) is 1.38. The molecule has 1 aromatic carbocycles. The molecule has 3 rings (SSSR count). The van der Waals surface area contributed by atoms with Gasteiger partial charge in [-0.25, -0.2) is 14.2 Å². The molecule has 2 unspecified atom stereocenters. The van der Waals surface area contributed by atoms with Gasteiger partial charge in [-0.15, -0.1) is 11.3 Å². The van der Waals surface area contributed by atoms with E-state index >= 15 is 0 Å². The molecule has 2 aromatic rings. The van der Waals surface area contributed by atoms with Crippen LogP contribution in [0, 0.1) is 18.7 Å². The summed E-state index contributed by atoms with van der Waals surface area (Å²) >= 11 is 1.42. The molecule has 1 fully saturated rings. The fourth-order valence-electron chi connectivity index (χ4n) is 3.82. The smallest absolute Gasteiger partial charge is 0.407 e. The molecular weight excluding hydrogens is 417 g/mol. The van der Waals surface area contributed by atoms with E-state index < -0.39 is 11.7 Å². The van der Waals surface area contributed by atoms with Gasteiger partial charge in [0.15, 0.2) is 0 Å². The van der Waals surface area contributed by atoms with Crippen molar-refractivity contribution in [2.45, 2.75) is 59.1 Å². The van der Waals surface area contributed by atoms with Crippen LogP contribution in [0.4, 0.5) is 9.18 Å². The summed E-state index contributed by atoms with van der Waals surface area (Å²) < 4.78 is 18.7. The van der Waals surface area contributed by atoms with Gasteiger partial charge in [-0.05, 0) is 64.2 Å². The monoisotopic (exact) mass is 447 g/mol. The maximum atomic E-state index is 13.6. The first-order chi connectivity index (χ1) is 14.5. The van der Waals surface area contributed by atoms with Crippen molar-refractivity contribution in [1.82, 2.24) is 15.2 Å². The number of nitrogens with one attached hydrogen (secondary N) is 1. The van der Waals surface area contributed by atoms with Crippen LogP contribution in [0.25, 0.3) is 10.4 Å². The second kappa shape index (κ2) is 9.34. The first-order valence-electron chi connectivity index (χ1n) is 10.6. The van der Waals surface area contributed by atoms with Crippen LogP contribution in [0.15, 0.2) is 24.3 Å². The molecule has 2 amide bonds. The quantitative estimate of drug-likeness (QED) is 0.714. The topological polar surface area (TPSA) is 71.5 Å². The molecule has 0 spiro atoms. The van der Waals surface area contributed by atoms with Crippen LogP contribution >= 0.6 is 11.3 Å². The number of piperidine rings is 1. The average molecular weight is 448 g/mol. The second-order valence-corrected chi connectivity index (χ2v) is 10.2. The van der Waals surface area contributed by atoms with Crippen molar-refractivity contribution in [3.8, 4) is 10.4 Å². The van der Waals surface area contributed by atoms with Crippen LogP contribution in [-0.2, 0) is 4.74 Å². The maximum Gasteiger partial charge on any atom is 0.407 e. The lowest BCUT2D eigenvalue weighted by molar-refractivity contribution is 0.0405. The molecule has 1 aliphatic heterocycles. The summed E-state index contributed by atoms with van der Waals surface area (Å²) in [4.78, 5) is 32.8. The van der Waals surface area contributed by atoms with Gasteiger partial charge in [-0.3, -0.25) is 4.79 Å². The lowest BCUT2D eigenvalue weighted by atomic mass is 9.90. The van der Waals surface area contributed by atoms with Crippen LogP contribution < -0.4 is 5.32 Å². The lowest BCUT2D eigenvalue weighted by Crippen LogP contribution is -2.53. The summed E-state index contributed by atoms with van der Waals surface area (Å²) in [5.74, 6) is -0.260. The minimum atomic E-state index is -0.583. The van der Waals surface area contributed by atoms with Gasteiger partial charge >= 0.3 is 6.09 Å². The van der Waals surface area contributed by atoms with Gasteiger partial charge in [0.1, 0.15) is 17.1 Å². The third-order valence-corrected chi connectivity index (χ3v) is 6.29. The zero-order valence-electron chi connectivity index (χ0n) is 18.7. The minimum absolute atomic E-state index is 0.156. The average Bonchev–Trinajstić information content (AvgIpc) is 3.07. The zero-order chi connectivity index (χ0) is 22.8. The molecule has 1 saturated heterocycles. The Morgan fingerprint density at radius 1 is 1.29 bits per heavy atom. The molecule has 1 aromatic heterocycles. The van der Waals surface area contributed by atoms with E-state index in [-0.39, 0.29) is 23.7 Å². The van der Waals surface area contributed by atoms with E-state index in [1.54, 1.807) is 12.1 Å². The number of halogens is 1. The van der Waals surface area contributed by atoms with Gasteiger partial charge < -0.3 is 15.0 Å². The normalized spacial score (nSPS) is 19.2. The van der Waals surface area contributed by atoms with Crippen molar-refractivity contribution in [2.24, 2.45) is 5.92 Å². The summed E-state index contributed by atoms with van der Waals surface area (Å²) in [6.45, 7) is 10.3. The summed E-state index contributed by atoms with van der Waals surface area (Å²) in [5, 5.41) is 3.59. The van der Waals surface area contributed by atoms with E-state index in [0.717, 1.165) is 28.3 Å². The van der Waals surface area contributed by atoms with E-state index in [9.17, 15) is 14.0 Å². The summed E-state index contributed by atoms with van der Waals surface area (Å²) in [7, 11) is 0. The molecule has 0 aliphatic carbocycles. The Labute approximate surface area is 186 Å². The van der Waals surface area contributed by atoms with Crippen LogP contribution in [0.1, 0.15) is 56.0 Å². The highest BCUT2D eigenvalue weighted by atomic mass is 32.1. The maximum absolute atomic E-state index is 13.6. The van der Waals surface area contributed by atoms with Crippen molar-refractivity contribution in [3.63, 3.8) is 0 Å². The Hall–Kier alpha value is -2.48. The summed E-state index contributed by atoms with van der Waals surface area (Å²) in [6, 6.07) is 5.94. The molecule has 2 atom stereocenters. The predicted octanol–water partition coefficient (Wildman–Crippen LogP) is 5.02. The molecular formula is C23H30FN3O3S. The number of ether oxygens (including phenoxy) is 1. The number of alkyl carbamates (subject to hydrolysis) is 1. The molecule has 0 radical (unpaired) electrons. The van der Waals surface area contributed by atoms with Crippen LogP contribution in [0.3, 0.4) is 0 Å². The van der Waals surface area contributed by atoms with Crippen LogP contribution in [0.5, 0.6) is 0 Å². The van der Waals surface area contributed by atoms with Gasteiger partial charge in [0.05, 0.1) is 15.9 Å². The highest BCUT2D eigenvalue weighted by Gasteiger charge is 2.35. The molecule has 6 nitrogen and oxygen atoms in total. The van der Waals surface area contributed by atoms with Gasteiger partial charge in [0, 0.05) is 13.1 Å². The van der Waals surface area contributed by atoms with E-state index in [1.807, 2.05) is 32.6 Å². The molecule has 168 valence electrons. The molecule has 1 aliphatic rings. The highest BCUT2D eigenvalue weighted by molar-refractivity contribution is 7.15. The van der Waals surface area contributed by atoms with Gasteiger partial charge in [-0.2, -0.15) is 0 Å². The van der Waals surface area contributed by atoms with Crippen molar-refractivity contribution in [2.75, 3.05) is 13.1 Å². The van der Waals surface area contributed by atoms with Gasteiger partial charge in [0.25, 0.3) is 5.91 Å². The zero-order valence-corrected chi connectivity index (χ0v) is 19.5. The molecule has 0 saturated carbocycles. The van der Waals surface area contributed by atoms with Gasteiger partial charge in [-0.1, -0.05) is 19.1 Å². The largest absolute Gasteiger partial charge is 0.444 e. The van der Waals surface area contributed by atoms with E-state index in [1.165, 1.54) is 23.5 Å². The number of carbonyl (C=O) groups is 2.